The molecule has 1 aromatic heterocycles. The Balaban J connectivity index is 1.76. The molecule has 3 rings (SSSR count). The van der Waals surface area contributed by atoms with Crippen molar-refractivity contribution in [1.29, 1.82) is 0 Å². The van der Waals surface area contributed by atoms with Crippen LogP contribution in [0.2, 0.25) is 5.02 Å². The molecule has 1 N–H and O–H groups in total. The molecule has 0 saturated heterocycles. The maximum Gasteiger partial charge on any atom is 0.422 e. The minimum atomic E-state index is -4.55. The summed E-state index contributed by atoms with van der Waals surface area (Å²) in [6, 6.07) is 6.98. The van der Waals surface area contributed by atoms with Crippen molar-refractivity contribution < 1.29 is 31.1 Å². The highest BCUT2D eigenvalue weighted by Gasteiger charge is 2.31. The topological polar surface area (TPSA) is 85.4 Å². The van der Waals surface area contributed by atoms with Crippen LogP contribution in [-0.2, 0) is 9.84 Å². The average Bonchev–Trinajstić information content (AvgIpc) is 2.62. The number of carbonyl (C=O) groups excluding carboxylic acids is 1. The lowest BCUT2D eigenvalue weighted by Crippen LogP contribution is -2.34. The van der Waals surface area contributed by atoms with Crippen LogP contribution in [0.4, 0.5) is 13.2 Å². The highest BCUT2D eigenvalue weighted by Crippen LogP contribution is 2.32. The number of ether oxygens (including phenoxy) is 1. The number of pyridine rings is 1. The van der Waals surface area contributed by atoms with Crippen molar-refractivity contribution in [2.75, 3.05) is 12.4 Å². The Labute approximate surface area is 163 Å². The van der Waals surface area contributed by atoms with E-state index in [2.05, 4.69) is 15.0 Å². The van der Waals surface area contributed by atoms with Gasteiger partial charge in [0.2, 0.25) is 5.88 Å². The van der Waals surface area contributed by atoms with E-state index in [4.69, 9.17) is 11.6 Å². The smallest absolute Gasteiger partial charge is 0.422 e. The fraction of sp³-hybridized carbons (Fsp3) is 0.294. The molecule has 0 saturated carbocycles. The average molecular weight is 435 g/mol. The van der Waals surface area contributed by atoms with Gasteiger partial charge in [0.15, 0.2) is 16.4 Å². The molecule has 1 amide bonds. The molecule has 1 aliphatic heterocycles. The van der Waals surface area contributed by atoms with Crippen LogP contribution in [0.3, 0.4) is 0 Å². The zero-order chi connectivity index (χ0) is 20.5. The van der Waals surface area contributed by atoms with Crippen molar-refractivity contribution in [2.45, 2.75) is 23.5 Å². The molecule has 1 aliphatic rings. The maximum absolute atomic E-state index is 12.5. The molecule has 0 bridgehead atoms. The number of nitrogens with zero attached hydrogens (tertiary/aromatic N) is 1. The highest BCUT2D eigenvalue weighted by molar-refractivity contribution is 7.91. The molecule has 2 aromatic rings. The summed E-state index contributed by atoms with van der Waals surface area (Å²) in [6.07, 6.45) is -3.31. The number of alkyl halides is 3. The molecule has 11 heteroatoms. The number of rotatable bonds is 4. The Morgan fingerprint density at radius 1 is 1.32 bits per heavy atom. The lowest BCUT2D eigenvalue weighted by Gasteiger charge is -2.26. The van der Waals surface area contributed by atoms with Gasteiger partial charge < -0.3 is 10.1 Å². The Morgan fingerprint density at radius 3 is 2.71 bits per heavy atom. The molecule has 1 aromatic carbocycles. The SMILES string of the molecule is O=C(NC1CCS(=O)(=O)c2ccccc21)c1cnc(OCC(F)(F)F)c(Cl)c1. The van der Waals surface area contributed by atoms with Gasteiger partial charge in [0, 0.05) is 6.20 Å². The van der Waals surface area contributed by atoms with Crippen molar-refractivity contribution in [3.05, 3.63) is 52.7 Å². The minimum absolute atomic E-state index is 0.00951. The van der Waals surface area contributed by atoms with Crippen molar-refractivity contribution in [2.24, 2.45) is 0 Å². The van der Waals surface area contributed by atoms with Gasteiger partial charge in [-0.15, -0.1) is 0 Å². The summed E-state index contributed by atoms with van der Waals surface area (Å²) in [5.41, 5.74) is 0.488. The fourth-order valence-electron chi connectivity index (χ4n) is 2.79. The molecule has 0 spiro atoms. The maximum atomic E-state index is 12.5. The van der Waals surface area contributed by atoms with Crippen LogP contribution in [0.15, 0.2) is 41.4 Å². The summed E-state index contributed by atoms with van der Waals surface area (Å²) in [5, 5.41) is 2.46. The van der Waals surface area contributed by atoms with Crippen molar-refractivity contribution in [1.82, 2.24) is 10.3 Å². The van der Waals surface area contributed by atoms with Crippen molar-refractivity contribution in [3.63, 3.8) is 0 Å². The van der Waals surface area contributed by atoms with Gasteiger partial charge in [-0.25, -0.2) is 13.4 Å². The highest BCUT2D eigenvalue weighted by atomic mass is 35.5. The predicted molar refractivity (Wildman–Crippen MR) is 94.1 cm³/mol. The second-order valence-electron chi connectivity index (χ2n) is 6.09. The van der Waals surface area contributed by atoms with Gasteiger partial charge in [-0.1, -0.05) is 29.8 Å². The van der Waals surface area contributed by atoms with Crippen LogP contribution in [-0.4, -0.2) is 37.8 Å². The number of hydrogen-bond donors (Lipinski definition) is 1. The number of benzene rings is 1. The third kappa shape index (κ3) is 4.56. The molecule has 6 nitrogen and oxygen atoms in total. The van der Waals surface area contributed by atoms with Crippen LogP contribution in [0.25, 0.3) is 0 Å². The number of carbonyl (C=O) groups is 1. The van der Waals surface area contributed by atoms with Gasteiger partial charge in [-0.2, -0.15) is 13.2 Å². The quantitative estimate of drug-likeness (QED) is 0.797. The zero-order valence-corrected chi connectivity index (χ0v) is 15.7. The summed E-state index contributed by atoms with van der Waals surface area (Å²) < 4.78 is 65.4. The lowest BCUT2D eigenvalue weighted by molar-refractivity contribution is -0.154. The second-order valence-corrected chi connectivity index (χ2v) is 8.57. The van der Waals surface area contributed by atoms with E-state index in [0.717, 1.165) is 12.3 Å². The van der Waals surface area contributed by atoms with Crippen LogP contribution in [0.5, 0.6) is 5.88 Å². The van der Waals surface area contributed by atoms with Gasteiger partial charge in [0.05, 0.1) is 22.3 Å². The summed E-state index contributed by atoms with van der Waals surface area (Å²) >= 11 is 5.85. The molecular formula is C17H14ClF3N2O4S. The molecule has 1 atom stereocenters. The summed E-state index contributed by atoms with van der Waals surface area (Å²) in [4.78, 5) is 16.3. The third-order valence-corrected chi connectivity index (χ3v) is 6.14. The fourth-order valence-corrected chi connectivity index (χ4v) is 4.63. The first-order valence-electron chi connectivity index (χ1n) is 8.04. The zero-order valence-electron chi connectivity index (χ0n) is 14.2. The number of aromatic nitrogens is 1. The molecular weight excluding hydrogens is 421 g/mol. The molecule has 1 unspecified atom stereocenters. The number of nitrogens with one attached hydrogen (secondary N) is 1. The standard InChI is InChI=1S/C17H14ClF3N2O4S/c18-12-7-10(8-22-16(12)27-9-17(19,20)21)15(24)23-13-5-6-28(25,26)14-4-2-1-3-11(13)14/h1-4,7-8,13H,5-6,9H2,(H,23,24). The van der Waals surface area contributed by atoms with Gasteiger partial charge in [-0.05, 0) is 24.1 Å². The van der Waals surface area contributed by atoms with Crippen molar-refractivity contribution in [3.8, 4) is 5.88 Å². The van der Waals surface area contributed by atoms with Crippen LogP contribution in [0, 0.1) is 0 Å². The first kappa shape index (κ1) is 20.4. The second kappa shape index (κ2) is 7.59. The largest absolute Gasteiger partial charge is 0.467 e. The first-order valence-corrected chi connectivity index (χ1v) is 10.1. The predicted octanol–water partition coefficient (Wildman–Crippen LogP) is 3.32. The Bertz CT molecular complexity index is 1010. The van der Waals surface area contributed by atoms with E-state index >= 15 is 0 Å². The van der Waals surface area contributed by atoms with Crippen LogP contribution in [0.1, 0.15) is 28.4 Å². The van der Waals surface area contributed by atoms with E-state index in [-0.39, 0.29) is 27.7 Å². The summed E-state index contributed by atoms with van der Waals surface area (Å²) in [7, 11) is -3.40. The lowest BCUT2D eigenvalue weighted by atomic mass is 10.0. The van der Waals surface area contributed by atoms with E-state index in [1.54, 1.807) is 18.2 Å². The monoisotopic (exact) mass is 434 g/mol. The van der Waals surface area contributed by atoms with E-state index in [0.29, 0.717) is 5.56 Å². The molecule has 0 radical (unpaired) electrons. The van der Waals surface area contributed by atoms with E-state index in [1.165, 1.54) is 6.07 Å². The number of sulfone groups is 1. The van der Waals surface area contributed by atoms with Gasteiger partial charge >= 0.3 is 6.18 Å². The van der Waals surface area contributed by atoms with Gasteiger partial charge in [-0.3, -0.25) is 4.79 Å². The molecule has 0 aliphatic carbocycles. The molecule has 150 valence electrons. The van der Waals surface area contributed by atoms with Crippen molar-refractivity contribution >= 4 is 27.3 Å². The Morgan fingerprint density at radius 2 is 2.04 bits per heavy atom. The Hall–Kier alpha value is -2.33. The van der Waals surface area contributed by atoms with E-state index in [1.807, 2.05) is 0 Å². The first-order chi connectivity index (χ1) is 13.1. The molecule has 0 fully saturated rings. The summed E-state index contributed by atoms with van der Waals surface area (Å²) in [6.45, 7) is -1.56. The minimum Gasteiger partial charge on any atom is -0.467 e. The normalized spacial score (nSPS) is 18.2. The summed E-state index contributed by atoms with van der Waals surface area (Å²) in [5.74, 6) is -1.14. The third-order valence-electron chi connectivity index (χ3n) is 4.05. The number of hydrogen-bond acceptors (Lipinski definition) is 5. The van der Waals surface area contributed by atoms with Gasteiger partial charge in [0.25, 0.3) is 5.91 Å². The number of halogens is 4. The Kier molecular flexibility index (Phi) is 5.53. The molecule has 2 heterocycles. The number of fused-ring (bicyclic) bond motifs is 1. The van der Waals surface area contributed by atoms with E-state index < -0.39 is 40.4 Å². The molecule has 28 heavy (non-hydrogen) atoms. The number of amides is 1. The van der Waals surface area contributed by atoms with Gasteiger partial charge in [0.1, 0.15) is 5.02 Å². The van der Waals surface area contributed by atoms with Crippen LogP contribution >= 0.6 is 11.6 Å². The van der Waals surface area contributed by atoms with E-state index in [9.17, 15) is 26.4 Å². The van der Waals surface area contributed by atoms with Crippen LogP contribution < -0.4 is 10.1 Å².